The number of nitrogens with one attached hydrogen (secondary N) is 1. The largest absolute Gasteiger partial charge is 0.503 e. The van der Waals surface area contributed by atoms with Crippen LogP contribution in [0.5, 0.6) is 11.5 Å². The molecule has 2 N–H and O–H groups in total. The summed E-state index contributed by atoms with van der Waals surface area (Å²) in [5, 5.41) is 12.6. The number of aromatic hydroxyl groups is 1. The minimum atomic E-state index is -1.02. The van der Waals surface area contributed by atoms with E-state index in [9.17, 15) is 19.1 Å². The van der Waals surface area contributed by atoms with E-state index in [4.69, 9.17) is 9.47 Å². The third-order valence-corrected chi connectivity index (χ3v) is 5.18. The number of hydrogen-bond acceptors (Lipinski definition) is 6. The van der Waals surface area contributed by atoms with Crippen molar-refractivity contribution in [3.63, 3.8) is 0 Å². The minimum absolute atomic E-state index is 0.0870. The molecule has 0 fully saturated rings. The zero-order valence-corrected chi connectivity index (χ0v) is 18.5. The molecule has 3 aromatic rings. The molecule has 2 aromatic carbocycles. The number of amides is 1. The van der Waals surface area contributed by atoms with Crippen LogP contribution in [0.25, 0.3) is 0 Å². The third-order valence-electron chi connectivity index (χ3n) is 5.18. The van der Waals surface area contributed by atoms with Crippen LogP contribution in [0.3, 0.4) is 0 Å². The molecule has 0 saturated carbocycles. The number of hydrogen-bond donors (Lipinski definition) is 2. The summed E-state index contributed by atoms with van der Waals surface area (Å²) >= 11 is 0. The maximum Gasteiger partial charge on any atom is 0.328 e. The highest BCUT2D eigenvalue weighted by atomic mass is 19.1. The van der Waals surface area contributed by atoms with Crippen LogP contribution in [0.1, 0.15) is 41.4 Å². The van der Waals surface area contributed by atoms with Gasteiger partial charge in [-0.25, -0.2) is 14.2 Å². The van der Waals surface area contributed by atoms with Gasteiger partial charge in [-0.05, 0) is 37.1 Å². The van der Waals surface area contributed by atoms with Crippen LogP contribution in [0.15, 0.2) is 66.9 Å². The molecule has 3 rings (SSSR count). The SMILES string of the molecule is COc1ccnc(C(=O)N[C@@H](C)C(=O)O[C@@H](C)[C@@H](c2ccccc2)c2ccc(F)cc2)c1O. The molecule has 0 radical (unpaired) electrons. The van der Waals surface area contributed by atoms with Crippen molar-refractivity contribution in [3.8, 4) is 11.5 Å². The van der Waals surface area contributed by atoms with Crippen LogP contribution in [-0.2, 0) is 9.53 Å². The summed E-state index contributed by atoms with van der Waals surface area (Å²) in [7, 11) is 1.35. The van der Waals surface area contributed by atoms with Gasteiger partial charge in [0.25, 0.3) is 5.91 Å². The topological polar surface area (TPSA) is 97.8 Å². The van der Waals surface area contributed by atoms with Crippen LogP contribution in [0.4, 0.5) is 4.39 Å². The van der Waals surface area contributed by atoms with Gasteiger partial charge >= 0.3 is 5.97 Å². The van der Waals surface area contributed by atoms with Crippen LogP contribution in [-0.4, -0.2) is 41.2 Å². The first-order valence-electron chi connectivity index (χ1n) is 10.4. The number of methoxy groups -OCH3 is 1. The minimum Gasteiger partial charge on any atom is -0.503 e. The second-order valence-corrected chi connectivity index (χ2v) is 7.49. The Morgan fingerprint density at radius 2 is 1.64 bits per heavy atom. The first kappa shape index (κ1) is 23.7. The first-order valence-corrected chi connectivity index (χ1v) is 10.4. The Kier molecular flexibility index (Phi) is 7.61. The molecule has 0 aliphatic rings. The summed E-state index contributed by atoms with van der Waals surface area (Å²) < 4.78 is 24.1. The lowest BCUT2D eigenvalue weighted by molar-refractivity contribution is -0.150. The van der Waals surface area contributed by atoms with Gasteiger partial charge in [0.05, 0.1) is 7.11 Å². The standard InChI is InChI=1S/C25H25FN2O5/c1-15(28-24(30)22-23(29)20(32-3)13-14-27-22)25(31)33-16(2)21(17-7-5-4-6-8-17)18-9-11-19(26)12-10-18/h4-16,21,29H,1-3H3,(H,28,30)/t15-,16-,21-/m0/s1. The van der Waals surface area contributed by atoms with Crippen molar-refractivity contribution in [3.05, 3.63) is 89.5 Å². The van der Waals surface area contributed by atoms with E-state index in [1.54, 1.807) is 19.1 Å². The summed E-state index contributed by atoms with van der Waals surface area (Å²) in [5.41, 5.74) is 1.41. The van der Waals surface area contributed by atoms with Crippen LogP contribution in [0, 0.1) is 5.82 Å². The number of ether oxygens (including phenoxy) is 2. The van der Waals surface area contributed by atoms with Crippen molar-refractivity contribution >= 4 is 11.9 Å². The molecule has 8 heteroatoms. The van der Waals surface area contributed by atoms with Gasteiger partial charge in [-0.1, -0.05) is 42.5 Å². The highest BCUT2D eigenvalue weighted by molar-refractivity contribution is 5.97. The molecule has 33 heavy (non-hydrogen) atoms. The lowest BCUT2D eigenvalue weighted by Gasteiger charge is -2.26. The zero-order valence-electron chi connectivity index (χ0n) is 18.5. The average molecular weight is 452 g/mol. The quantitative estimate of drug-likeness (QED) is 0.505. The monoisotopic (exact) mass is 452 g/mol. The van der Waals surface area contributed by atoms with Gasteiger partial charge in [-0.2, -0.15) is 0 Å². The zero-order chi connectivity index (χ0) is 24.0. The molecule has 0 aliphatic carbocycles. The van der Waals surface area contributed by atoms with Crippen molar-refractivity contribution in [2.24, 2.45) is 0 Å². The fraction of sp³-hybridized carbons (Fsp3) is 0.240. The number of nitrogens with zero attached hydrogens (tertiary/aromatic N) is 1. The van der Waals surface area contributed by atoms with Gasteiger partial charge in [0.1, 0.15) is 18.0 Å². The summed E-state index contributed by atoms with van der Waals surface area (Å²) in [6, 6.07) is 15.8. The van der Waals surface area contributed by atoms with Gasteiger partial charge in [-0.15, -0.1) is 0 Å². The lowest BCUT2D eigenvalue weighted by atomic mass is 9.87. The van der Waals surface area contributed by atoms with Gasteiger partial charge in [0.2, 0.25) is 0 Å². The number of carbonyl (C=O) groups excluding carboxylic acids is 2. The molecule has 1 aromatic heterocycles. The van der Waals surface area contributed by atoms with Crippen molar-refractivity contribution in [2.45, 2.75) is 31.9 Å². The predicted octanol–water partition coefficient (Wildman–Crippen LogP) is 3.82. The Morgan fingerprint density at radius 3 is 2.27 bits per heavy atom. The normalized spacial score (nSPS) is 13.5. The number of pyridine rings is 1. The smallest absolute Gasteiger partial charge is 0.328 e. The second kappa shape index (κ2) is 10.6. The van der Waals surface area contributed by atoms with E-state index in [-0.39, 0.29) is 23.2 Å². The summed E-state index contributed by atoms with van der Waals surface area (Å²) in [5.74, 6) is -2.46. The summed E-state index contributed by atoms with van der Waals surface area (Å²) in [6.07, 6.45) is 0.694. The van der Waals surface area contributed by atoms with Crippen molar-refractivity contribution < 1.29 is 28.6 Å². The number of halogens is 1. The molecular weight excluding hydrogens is 427 g/mol. The van der Waals surface area contributed by atoms with Gasteiger partial charge < -0.3 is 19.9 Å². The average Bonchev–Trinajstić information content (AvgIpc) is 2.81. The fourth-order valence-corrected chi connectivity index (χ4v) is 3.51. The Hall–Kier alpha value is -3.94. The van der Waals surface area contributed by atoms with Crippen molar-refractivity contribution in [1.82, 2.24) is 10.3 Å². The van der Waals surface area contributed by atoms with Crippen molar-refractivity contribution in [2.75, 3.05) is 7.11 Å². The number of carbonyl (C=O) groups is 2. The molecule has 172 valence electrons. The van der Waals surface area contributed by atoms with Gasteiger partial charge in [-0.3, -0.25) is 4.79 Å². The van der Waals surface area contributed by atoms with E-state index in [0.717, 1.165) is 11.1 Å². The number of aromatic nitrogens is 1. The number of esters is 1. The van der Waals surface area contributed by atoms with E-state index in [2.05, 4.69) is 10.3 Å². The first-order chi connectivity index (χ1) is 15.8. The molecule has 0 spiro atoms. The Balaban J connectivity index is 1.74. The predicted molar refractivity (Wildman–Crippen MR) is 120 cm³/mol. The maximum absolute atomic E-state index is 13.5. The Morgan fingerprint density at radius 1 is 1.00 bits per heavy atom. The molecule has 0 bridgehead atoms. The maximum atomic E-state index is 13.5. The molecule has 0 saturated heterocycles. The second-order valence-electron chi connectivity index (χ2n) is 7.49. The Labute approximate surface area is 191 Å². The number of benzene rings is 2. The van der Waals surface area contributed by atoms with Gasteiger partial charge in [0, 0.05) is 18.2 Å². The molecule has 1 amide bonds. The van der Waals surface area contributed by atoms with E-state index in [0.29, 0.717) is 0 Å². The summed E-state index contributed by atoms with van der Waals surface area (Å²) in [6.45, 7) is 3.21. The van der Waals surface area contributed by atoms with E-state index < -0.39 is 29.8 Å². The lowest BCUT2D eigenvalue weighted by Crippen LogP contribution is -2.41. The van der Waals surface area contributed by atoms with Crippen LogP contribution >= 0.6 is 0 Å². The van der Waals surface area contributed by atoms with Crippen LogP contribution in [0.2, 0.25) is 0 Å². The molecule has 7 nitrogen and oxygen atoms in total. The Bertz CT molecular complexity index is 1110. The molecule has 0 unspecified atom stereocenters. The van der Waals surface area contributed by atoms with E-state index in [1.807, 2.05) is 30.3 Å². The fourth-order valence-electron chi connectivity index (χ4n) is 3.51. The van der Waals surface area contributed by atoms with Gasteiger partial charge in [0.15, 0.2) is 17.2 Å². The molecule has 3 atom stereocenters. The number of rotatable bonds is 8. The molecule has 1 heterocycles. The third kappa shape index (κ3) is 5.65. The highest BCUT2D eigenvalue weighted by Crippen LogP contribution is 2.30. The van der Waals surface area contributed by atoms with E-state index >= 15 is 0 Å². The molecular formula is C25H25FN2O5. The van der Waals surface area contributed by atoms with E-state index in [1.165, 1.54) is 38.4 Å². The highest BCUT2D eigenvalue weighted by Gasteiger charge is 2.28. The molecule has 0 aliphatic heterocycles. The van der Waals surface area contributed by atoms with Crippen LogP contribution < -0.4 is 10.1 Å². The van der Waals surface area contributed by atoms with Crippen molar-refractivity contribution in [1.29, 1.82) is 0 Å². The summed E-state index contributed by atoms with van der Waals surface area (Å²) in [4.78, 5) is 29.1.